The lowest BCUT2D eigenvalue weighted by molar-refractivity contribution is 0.170. The molecule has 0 bridgehead atoms. The Labute approximate surface area is 111 Å². The van der Waals surface area contributed by atoms with Crippen molar-refractivity contribution in [1.29, 1.82) is 5.41 Å². The van der Waals surface area contributed by atoms with Gasteiger partial charge in [0.2, 0.25) is 5.02 Å². The molecule has 11 heteroatoms. The number of rotatable bonds is 2. The molecule has 1 rings (SSSR count). The van der Waals surface area contributed by atoms with Crippen LogP contribution in [-0.4, -0.2) is 61.0 Å². The van der Waals surface area contributed by atoms with Crippen LogP contribution in [0.15, 0.2) is 0 Å². The Bertz CT molecular complexity index is 433. The van der Waals surface area contributed by atoms with Gasteiger partial charge in [-0.1, -0.05) is 0 Å². The third-order valence-corrected chi connectivity index (χ3v) is 7.55. The summed E-state index contributed by atoms with van der Waals surface area (Å²) in [6.07, 6.45) is 0.448. The number of nitrogens with zero attached hydrogens (tertiary/aromatic N) is 2. The average molecular weight is 315 g/mol. The van der Waals surface area contributed by atoms with Gasteiger partial charge in [-0.3, -0.25) is 14.5 Å². The third-order valence-electron chi connectivity index (χ3n) is 3.19. The van der Waals surface area contributed by atoms with Crippen LogP contribution in [0.5, 0.6) is 0 Å². The summed E-state index contributed by atoms with van der Waals surface area (Å²) in [6.45, 7) is 0.0211. The van der Waals surface area contributed by atoms with Gasteiger partial charge in [-0.2, -0.15) is 0 Å². The number of nitrogens with one attached hydrogen (secondary N) is 1. The van der Waals surface area contributed by atoms with Crippen LogP contribution in [0.25, 0.3) is 0 Å². The molecule has 1 aliphatic rings. The van der Waals surface area contributed by atoms with Crippen molar-refractivity contribution in [3.63, 3.8) is 0 Å². The van der Waals surface area contributed by atoms with Crippen LogP contribution >= 0.6 is 15.2 Å². The Morgan fingerprint density at radius 3 is 2.00 bits per heavy atom. The van der Waals surface area contributed by atoms with Crippen LogP contribution in [0.1, 0.15) is 19.3 Å². The van der Waals surface area contributed by atoms with Crippen LogP contribution in [0.3, 0.4) is 0 Å². The Morgan fingerprint density at radius 1 is 1.16 bits per heavy atom. The van der Waals surface area contributed by atoms with Crippen LogP contribution in [-0.2, 0) is 9.13 Å². The molecule has 0 atom stereocenters. The fourth-order valence-corrected chi connectivity index (χ4v) is 5.51. The molecule has 0 aliphatic carbocycles. The zero-order chi connectivity index (χ0) is 15.1. The molecule has 0 aromatic carbocycles. The number of hydrogen-bond acceptors (Lipinski definition) is 3. The zero-order valence-corrected chi connectivity index (χ0v) is 12.5. The number of guanidine groups is 1. The fourth-order valence-electron chi connectivity index (χ4n) is 2.24. The molecular formula is C8H19N3O6P2. The maximum Gasteiger partial charge on any atom is 0.363 e. The molecule has 1 heterocycles. The second kappa shape index (κ2) is 5.16. The van der Waals surface area contributed by atoms with E-state index in [0.29, 0.717) is 6.42 Å². The smallest absolute Gasteiger partial charge is 0.349 e. The topological polar surface area (TPSA) is 145 Å². The summed E-state index contributed by atoms with van der Waals surface area (Å²) in [6, 6.07) is 0. The highest BCUT2D eigenvalue weighted by atomic mass is 31.2. The minimum atomic E-state index is -5.15. The predicted octanol–water partition coefficient (Wildman–Crippen LogP) is -0.0221. The minimum Gasteiger partial charge on any atom is -0.349 e. The van der Waals surface area contributed by atoms with E-state index in [2.05, 4.69) is 0 Å². The van der Waals surface area contributed by atoms with Gasteiger partial charge in [-0.15, -0.1) is 0 Å². The monoisotopic (exact) mass is 315 g/mol. The van der Waals surface area contributed by atoms with Crippen LogP contribution in [0.2, 0.25) is 0 Å². The van der Waals surface area contributed by atoms with Crippen molar-refractivity contribution in [2.45, 2.75) is 24.3 Å². The third kappa shape index (κ3) is 2.72. The second-order valence-electron chi connectivity index (χ2n) is 4.69. The molecule has 19 heavy (non-hydrogen) atoms. The molecule has 0 spiro atoms. The Hall–Kier alpha value is -0.430. The molecule has 112 valence electrons. The predicted molar refractivity (Wildman–Crippen MR) is 68.8 cm³/mol. The molecule has 0 amide bonds. The summed E-state index contributed by atoms with van der Waals surface area (Å²) in [7, 11) is -7.35. The molecule has 9 nitrogen and oxygen atoms in total. The number of piperidine rings is 1. The first-order chi connectivity index (χ1) is 8.45. The van der Waals surface area contributed by atoms with Crippen molar-refractivity contribution >= 4 is 21.2 Å². The second-order valence-corrected chi connectivity index (χ2v) is 8.70. The maximum atomic E-state index is 11.7. The Balaban J connectivity index is 3.45. The Kier molecular flexibility index (Phi) is 4.52. The van der Waals surface area contributed by atoms with Crippen molar-refractivity contribution in [2.75, 3.05) is 20.6 Å². The van der Waals surface area contributed by atoms with E-state index < -0.39 is 20.2 Å². The first kappa shape index (κ1) is 16.6. The lowest BCUT2D eigenvalue weighted by Gasteiger charge is -2.48. The van der Waals surface area contributed by atoms with Gasteiger partial charge in [-0.05, 0) is 19.3 Å². The van der Waals surface area contributed by atoms with Gasteiger partial charge < -0.3 is 29.4 Å². The van der Waals surface area contributed by atoms with E-state index in [1.54, 1.807) is 0 Å². The van der Waals surface area contributed by atoms with Gasteiger partial charge in [-0.25, -0.2) is 0 Å². The molecule has 0 unspecified atom stereocenters. The van der Waals surface area contributed by atoms with E-state index in [-0.39, 0.29) is 25.3 Å². The van der Waals surface area contributed by atoms with E-state index >= 15 is 0 Å². The minimum absolute atomic E-state index is 0.0211. The normalized spacial score (nSPS) is 20.2. The van der Waals surface area contributed by atoms with E-state index in [1.165, 1.54) is 19.0 Å². The number of hydrogen-bond donors (Lipinski definition) is 5. The molecule has 1 aliphatic heterocycles. The van der Waals surface area contributed by atoms with Crippen LogP contribution < -0.4 is 0 Å². The van der Waals surface area contributed by atoms with Gasteiger partial charge in [0, 0.05) is 20.6 Å². The first-order valence-corrected chi connectivity index (χ1v) is 8.82. The summed E-state index contributed by atoms with van der Waals surface area (Å²) < 4.78 is 23.5. The highest BCUT2D eigenvalue weighted by Gasteiger charge is 2.65. The van der Waals surface area contributed by atoms with Crippen molar-refractivity contribution in [2.24, 2.45) is 0 Å². The summed E-state index contributed by atoms with van der Waals surface area (Å²) >= 11 is 0. The van der Waals surface area contributed by atoms with E-state index in [4.69, 9.17) is 5.41 Å². The average Bonchev–Trinajstić information content (AvgIpc) is 2.24. The molecule has 1 saturated heterocycles. The quantitative estimate of drug-likeness (QED) is 0.271. The van der Waals surface area contributed by atoms with Gasteiger partial charge in [0.15, 0.2) is 5.96 Å². The van der Waals surface area contributed by atoms with Crippen molar-refractivity contribution in [1.82, 2.24) is 9.80 Å². The SMILES string of the molecule is CN(C)C(=N)N1CCCCC1(P(=O)(O)O)P(=O)(O)O. The summed E-state index contributed by atoms with van der Waals surface area (Å²) in [5.74, 6) is -0.327. The van der Waals surface area contributed by atoms with Crippen LogP contribution in [0.4, 0.5) is 0 Å². The van der Waals surface area contributed by atoms with Crippen molar-refractivity contribution in [3.05, 3.63) is 0 Å². The fraction of sp³-hybridized carbons (Fsp3) is 0.875. The van der Waals surface area contributed by atoms with E-state index in [1.807, 2.05) is 0 Å². The van der Waals surface area contributed by atoms with Crippen LogP contribution in [0, 0.1) is 5.41 Å². The number of likely N-dealkylation sites (tertiary alicyclic amines) is 1. The highest BCUT2D eigenvalue weighted by molar-refractivity contribution is 7.72. The van der Waals surface area contributed by atoms with Crippen molar-refractivity contribution in [3.8, 4) is 0 Å². The molecule has 0 saturated carbocycles. The standard InChI is InChI=1S/C8H19N3O6P2/c1-10(2)7(9)11-6-4-3-5-8(11,18(12,13)14)19(15,16)17/h9H,3-6H2,1-2H3,(H2,12,13,14)(H2,15,16,17). The van der Waals surface area contributed by atoms with Gasteiger partial charge in [0.1, 0.15) is 0 Å². The molecular weight excluding hydrogens is 296 g/mol. The van der Waals surface area contributed by atoms with E-state index in [9.17, 15) is 28.7 Å². The first-order valence-electron chi connectivity index (χ1n) is 5.60. The van der Waals surface area contributed by atoms with Crippen molar-refractivity contribution < 1.29 is 28.7 Å². The zero-order valence-electron chi connectivity index (χ0n) is 10.7. The maximum absolute atomic E-state index is 11.7. The summed E-state index contributed by atoms with van der Waals surface area (Å²) in [5, 5.41) is 5.19. The molecule has 0 radical (unpaired) electrons. The molecule has 1 fully saturated rings. The van der Waals surface area contributed by atoms with Gasteiger partial charge in [0.05, 0.1) is 0 Å². The Morgan fingerprint density at radius 2 is 1.63 bits per heavy atom. The lowest BCUT2D eigenvalue weighted by Crippen LogP contribution is -2.56. The van der Waals surface area contributed by atoms with E-state index in [0.717, 1.165) is 4.90 Å². The lowest BCUT2D eigenvalue weighted by atomic mass is 10.1. The van der Waals surface area contributed by atoms with Gasteiger partial charge in [0.25, 0.3) is 0 Å². The summed E-state index contributed by atoms with van der Waals surface area (Å²) in [5.41, 5.74) is 0. The van der Waals surface area contributed by atoms with Gasteiger partial charge >= 0.3 is 15.2 Å². The molecule has 5 N–H and O–H groups in total. The molecule has 0 aromatic heterocycles. The highest BCUT2D eigenvalue weighted by Crippen LogP contribution is 2.73. The summed E-state index contributed by atoms with van der Waals surface area (Å²) in [4.78, 5) is 40.1. The largest absolute Gasteiger partial charge is 0.363 e. The molecule has 0 aromatic rings.